The molecule has 1 aromatic carbocycles. The topological polar surface area (TPSA) is 77.6 Å². The van der Waals surface area contributed by atoms with E-state index < -0.39 is 0 Å². The van der Waals surface area contributed by atoms with Crippen LogP contribution in [0.1, 0.15) is 25.0 Å². The molecule has 3 aromatic rings. The van der Waals surface area contributed by atoms with E-state index >= 15 is 0 Å². The second-order valence-electron chi connectivity index (χ2n) is 6.71. The standard InChI is InChI=1S/C19H22N6O/c26-19-16(8-4-5-9-20-19)10-25-12-17(22-23-25)11-24-13-18(21-14-24)15-6-2-1-3-7-15/h1-3,6-7,12-14,16H,4-5,8-11H2,(H,20,26). The van der Waals surface area contributed by atoms with Crippen LogP contribution in [0.15, 0.2) is 49.1 Å². The molecule has 134 valence electrons. The zero-order valence-electron chi connectivity index (χ0n) is 14.6. The van der Waals surface area contributed by atoms with Crippen LogP contribution in [-0.4, -0.2) is 37.0 Å². The van der Waals surface area contributed by atoms with E-state index in [1.54, 1.807) is 11.0 Å². The van der Waals surface area contributed by atoms with E-state index in [9.17, 15) is 4.79 Å². The van der Waals surface area contributed by atoms with E-state index in [4.69, 9.17) is 0 Å². The zero-order chi connectivity index (χ0) is 17.8. The Balaban J connectivity index is 1.41. The van der Waals surface area contributed by atoms with E-state index in [0.29, 0.717) is 13.1 Å². The molecule has 26 heavy (non-hydrogen) atoms. The lowest BCUT2D eigenvalue weighted by Gasteiger charge is -2.12. The van der Waals surface area contributed by atoms with Crippen LogP contribution in [0.25, 0.3) is 11.3 Å². The third-order valence-electron chi connectivity index (χ3n) is 4.69. The molecule has 0 aliphatic carbocycles. The zero-order valence-corrected chi connectivity index (χ0v) is 14.6. The molecule has 0 bridgehead atoms. The van der Waals surface area contributed by atoms with Crippen molar-refractivity contribution >= 4 is 5.91 Å². The molecule has 1 aliphatic heterocycles. The van der Waals surface area contributed by atoms with E-state index in [1.165, 1.54) is 0 Å². The fourth-order valence-electron chi connectivity index (χ4n) is 3.29. The van der Waals surface area contributed by atoms with Gasteiger partial charge in [0.05, 0.1) is 37.2 Å². The summed E-state index contributed by atoms with van der Waals surface area (Å²) in [5, 5.41) is 11.4. The first kappa shape index (κ1) is 16.5. The predicted octanol–water partition coefficient (Wildman–Crippen LogP) is 2.11. The summed E-state index contributed by atoms with van der Waals surface area (Å²) in [6.07, 6.45) is 8.76. The third-order valence-corrected chi connectivity index (χ3v) is 4.69. The van der Waals surface area contributed by atoms with Gasteiger partial charge in [-0.1, -0.05) is 42.0 Å². The molecule has 0 saturated carbocycles. The quantitative estimate of drug-likeness (QED) is 0.764. The maximum atomic E-state index is 12.1. The van der Waals surface area contributed by atoms with Gasteiger partial charge in [-0.05, 0) is 12.8 Å². The Bertz CT molecular complexity index is 869. The molecule has 7 heteroatoms. The number of rotatable bonds is 5. The van der Waals surface area contributed by atoms with Crippen LogP contribution < -0.4 is 5.32 Å². The molecule has 0 spiro atoms. The summed E-state index contributed by atoms with van der Waals surface area (Å²) in [6.45, 7) is 1.97. The minimum Gasteiger partial charge on any atom is -0.356 e. The number of hydrogen-bond acceptors (Lipinski definition) is 4. The summed E-state index contributed by atoms with van der Waals surface area (Å²) in [7, 11) is 0. The van der Waals surface area contributed by atoms with Gasteiger partial charge >= 0.3 is 0 Å². The van der Waals surface area contributed by atoms with Crippen molar-refractivity contribution < 1.29 is 4.79 Å². The van der Waals surface area contributed by atoms with Crippen LogP contribution >= 0.6 is 0 Å². The summed E-state index contributed by atoms with van der Waals surface area (Å²) in [5.74, 6) is 0.103. The molecule has 2 aromatic heterocycles. The summed E-state index contributed by atoms with van der Waals surface area (Å²) in [5.41, 5.74) is 2.89. The number of hydrogen-bond donors (Lipinski definition) is 1. The van der Waals surface area contributed by atoms with Gasteiger partial charge in [-0.25, -0.2) is 4.98 Å². The van der Waals surface area contributed by atoms with Crippen LogP contribution in [0.5, 0.6) is 0 Å². The van der Waals surface area contributed by atoms with Crippen molar-refractivity contribution in [1.29, 1.82) is 0 Å². The van der Waals surface area contributed by atoms with Crippen molar-refractivity contribution in [2.45, 2.75) is 32.4 Å². The molecular formula is C19H22N6O. The van der Waals surface area contributed by atoms with Gasteiger partial charge in [-0.3, -0.25) is 9.48 Å². The van der Waals surface area contributed by atoms with Gasteiger partial charge < -0.3 is 9.88 Å². The fraction of sp³-hybridized carbons (Fsp3) is 0.368. The van der Waals surface area contributed by atoms with Crippen molar-refractivity contribution in [3.63, 3.8) is 0 Å². The normalized spacial score (nSPS) is 17.7. The van der Waals surface area contributed by atoms with E-state index in [0.717, 1.165) is 42.8 Å². The maximum absolute atomic E-state index is 12.1. The SMILES string of the molecule is O=C1NCCCCC1Cn1cc(Cn2cnc(-c3ccccc3)c2)nn1. The Labute approximate surface area is 152 Å². The first-order valence-corrected chi connectivity index (χ1v) is 9.02. The Hall–Kier alpha value is -2.96. The molecule has 7 nitrogen and oxygen atoms in total. The smallest absolute Gasteiger partial charge is 0.224 e. The lowest BCUT2D eigenvalue weighted by molar-refractivity contribution is -0.125. The van der Waals surface area contributed by atoms with Crippen molar-refractivity contribution in [1.82, 2.24) is 29.9 Å². The van der Waals surface area contributed by atoms with Crippen LogP contribution in [0.3, 0.4) is 0 Å². The Morgan fingerprint density at radius 3 is 2.92 bits per heavy atom. The Kier molecular flexibility index (Phi) is 4.77. The summed E-state index contributed by atoms with van der Waals surface area (Å²) < 4.78 is 3.77. The van der Waals surface area contributed by atoms with Crippen LogP contribution in [0.4, 0.5) is 0 Å². The minimum atomic E-state index is -0.0232. The molecule has 1 saturated heterocycles. The molecule has 3 heterocycles. The molecule has 1 fully saturated rings. The third kappa shape index (κ3) is 3.82. The maximum Gasteiger partial charge on any atom is 0.224 e. The molecule has 1 unspecified atom stereocenters. The number of benzene rings is 1. The molecule has 4 rings (SSSR count). The second-order valence-corrected chi connectivity index (χ2v) is 6.71. The molecular weight excluding hydrogens is 328 g/mol. The number of amides is 1. The number of carbonyl (C=O) groups is 1. The van der Waals surface area contributed by atoms with Crippen LogP contribution in [0.2, 0.25) is 0 Å². The average Bonchev–Trinajstić information content (AvgIpc) is 3.26. The first-order chi connectivity index (χ1) is 12.8. The summed E-state index contributed by atoms with van der Waals surface area (Å²) in [4.78, 5) is 16.5. The van der Waals surface area contributed by atoms with Gasteiger partial charge in [0.1, 0.15) is 5.69 Å². The van der Waals surface area contributed by atoms with Gasteiger partial charge in [0.2, 0.25) is 5.91 Å². The highest BCUT2D eigenvalue weighted by molar-refractivity contribution is 5.78. The number of nitrogens with zero attached hydrogens (tertiary/aromatic N) is 5. The fourth-order valence-corrected chi connectivity index (χ4v) is 3.29. The average molecular weight is 350 g/mol. The lowest BCUT2D eigenvalue weighted by Crippen LogP contribution is -2.31. The van der Waals surface area contributed by atoms with Gasteiger partial charge in [-0.15, -0.1) is 5.10 Å². The van der Waals surface area contributed by atoms with Crippen molar-refractivity contribution in [3.8, 4) is 11.3 Å². The van der Waals surface area contributed by atoms with Crippen LogP contribution in [0, 0.1) is 5.92 Å². The number of nitrogens with one attached hydrogen (secondary N) is 1. The van der Waals surface area contributed by atoms with Crippen LogP contribution in [-0.2, 0) is 17.9 Å². The van der Waals surface area contributed by atoms with Gasteiger partial charge in [0, 0.05) is 18.3 Å². The molecule has 1 N–H and O–H groups in total. The Morgan fingerprint density at radius 2 is 2.04 bits per heavy atom. The second kappa shape index (κ2) is 7.51. The lowest BCUT2D eigenvalue weighted by atomic mass is 10.0. The minimum absolute atomic E-state index is 0.0232. The highest BCUT2D eigenvalue weighted by Crippen LogP contribution is 2.17. The van der Waals surface area contributed by atoms with Gasteiger partial charge in [0.15, 0.2) is 0 Å². The van der Waals surface area contributed by atoms with Gasteiger partial charge in [0.25, 0.3) is 0 Å². The van der Waals surface area contributed by atoms with E-state index in [2.05, 4.69) is 20.6 Å². The number of aromatic nitrogens is 5. The number of carbonyl (C=O) groups excluding carboxylic acids is 1. The van der Waals surface area contributed by atoms with E-state index in [-0.39, 0.29) is 11.8 Å². The van der Waals surface area contributed by atoms with Crippen molar-refractivity contribution in [3.05, 3.63) is 54.7 Å². The monoisotopic (exact) mass is 350 g/mol. The first-order valence-electron chi connectivity index (χ1n) is 9.02. The molecule has 1 amide bonds. The van der Waals surface area contributed by atoms with Crippen molar-refractivity contribution in [2.75, 3.05) is 6.54 Å². The van der Waals surface area contributed by atoms with Gasteiger partial charge in [-0.2, -0.15) is 0 Å². The largest absolute Gasteiger partial charge is 0.356 e. The highest BCUT2D eigenvalue weighted by atomic mass is 16.1. The molecule has 0 radical (unpaired) electrons. The molecule has 1 atom stereocenters. The predicted molar refractivity (Wildman–Crippen MR) is 97.1 cm³/mol. The summed E-state index contributed by atoms with van der Waals surface area (Å²) >= 11 is 0. The number of imidazole rings is 1. The van der Waals surface area contributed by atoms with Crippen molar-refractivity contribution in [2.24, 2.45) is 5.92 Å². The van der Waals surface area contributed by atoms with E-state index in [1.807, 2.05) is 47.3 Å². The Morgan fingerprint density at radius 1 is 1.15 bits per heavy atom. The molecule has 1 aliphatic rings. The summed E-state index contributed by atoms with van der Waals surface area (Å²) in [6, 6.07) is 10.1. The highest BCUT2D eigenvalue weighted by Gasteiger charge is 2.21.